The fourth-order valence-electron chi connectivity index (χ4n) is 2.98. The number of carboxylic acid groups (broad SMARTS) is 1. The smallest absolute Gasteiger partial charge is 0.307 e. The normalized spacial score (nSPS) is 21.2. The van der Waals surface area contributed by atoms with Gasteiger partial charge in [-0.2, -0.15) is 0 Å². The van der Waals surface area contributed by atoms with Crippen molar-refractivity contribution in [3.63, 3.8) is 0 Å². The first-order chi connectivity index (χ1) is 9.54. The lowest BCUT2D eigenvalue weighted by atomic mass is 9.72. The van der Waals surface area contributed by atoms with Crippen LogP contribution in [0.15, 0.2) is 12.1 Å². The van der Waals surface area contributed by atoms with Crippen molar-refractivity contribution >= 4 is 11.8 Å². The summed E-state index contributed by atoms with van der Waals surface area (Å²) in [5.41, 5.74) is 1.13. The summed E-state index contributed by atoms with van der Waals surface area (Å²) in [6, 6.07) is 3.40. The minimum atomic E-state index is -0.944. The van der Waals surface area contributed by atoms with Gasteiger partial charge in [-0.15, -0.1) is 0 Å². The van der Waals surface area contributed by atoms with E-state index in [1.54, 1.807) is 12.1 Å². The summed E-state index contributed by atoms with van der Waals surface area (Å²) >= 11 is 0. The van der Waals surface area contributed by atoms with Crippen LogP contribution in [0.25, 0.3) is 0 Å². The second-order valence-electron chi connectivity index (χ2n) is 4.85. The largest absolute Gasteiger partial charge is 0.496 e. The second-order valence-corrected chi connectivity index (χ2v) is 4.85. The molecule has 0 saturated heterocycles. The predicted molar refractivity (Wildman–Crippen MR) is 72.7 cm³/mol. The van der Waals surface area contributed by atoms with E-state index in [9.17, 15) is 14.7 Å². The van der Waals surface area contributed by atoms with Gasteiger partial charge in [0.25, 0.3) is 0 Å². The fourth-order valence-corrected chi connectivity index (χ4v) is 2.98. The van der Waals surface area contributed by atoms with Gasteiger partial charge in [-0.05, 0) is 18.6 Å². The van der Waals surface area contributed by atoms with E-state index in [1.165, 1.54) is 14.2 Å². The molecular weight excluding hydrogens is 260 g/mol. The molecule has 0 amide bonds. The van der Waals surface area contributed by atoms with Crippen molar-refractivity contribution in [2.45, 2.75) is 25.7 Å². The molecule has 0 fully saturated rings. The molecule has 2 atom stereocenters. The maximum Gasteiger partial charge on any atom is 0.307 e. The Morgan fingerprint density at radius 3 is 2.40 bits per heavy atom. The van der Waals surface area contributed by atoms with Crippen LogP contribution in [0.3, 0.4) is 0 Å². The molecule has 20 heavy (non-hydrogen) atoms. The Bertz CT molecular complexity index is 549. The summed E-state index contributed by atoms with van der Waals surface area (Å²) in [4.78, 5) is 23.7. The molecule has 1 aromatic rings. The molecule has 5 nitrogen and oxygen atoms in total. The number of carboxylic acids is 1. The number of aliphatic carboxylic acids is 1. The maximum atomic E-state index is 12.3. The molecule has 0 spiro atoms. The van der Waals surface area contributed by atoms with Gasteiger partial charge in [0.2, 0.25) is 0 Å². The minimum Gasteiger partial charge on any atom is -0.496 e. The number of ketones is 1. The van der Waals surface area contributed by atoms with Gasteiger partial charge in [-0.1, -0.05) is 6.92 Å². The molecule has 1 N–H and O–H groups in total. The average molecular weight is 278 g/mol. The van der Waals surface area contributed by atoms with Crippen LogP contribution in [0, 0.1) is 5.92 Å². The lowest BCUT2D eigenvalue weighted by Crippen LogP contribution is -2.31. The Morgan fingerprint density at radius 1 is 1.30 bits per heavy atom. The lowest BCUT2D eigenvalue weighted by molar-refractivity contribution is -0.142. The van der Waals surface area contributed by atoms with Crippen LogP contribution in [0.1, 0.15) is 41.6 Å². The highest BCUT2D eigenvalue weighted by molar-refractivity contribution is 6.04. The van der Waals surface area contributed by atoms with Gasteiger partial charge in [0.05, 0.1) is 25.7 Å². The zero-order valence-corrected chi connectivity index (χ0v) is 11.8. The van der Waals surface area contributed by atoms with Crippen molar-refractivity contribution in [3.05, 3.63) is 23.3 Å². The van der Waals surface area contributed by atoms with Crippen LogP contribution in [-0.2, 0) is 4.79 Å². The summed E-state index contributed by atoms with van der Waals surface area (Å²) in [5, 5.41) is 9.35. The second kappa shape index (κ2) is 5.53. The van der Waals surface area contributed by atoms with Crippen LogP contribution in [0.5, 0.6) is 11.5 Å². The molecule has 1 aromatic carbocycles. The minimum absolute atomic E-state index is 0.00433. The Balaban J connectivity index is 2.69. The first kappa shape index (κ1) is 14.4. The number of fused-ring (bicyclic) bond motifs is 1. The zero-order chi connectivity index (χ0) is 14.9. The number of ether oxygens (including phenoxy) is 2. The van der Waals surface area contributed by atoms with E-state index in [2.05, 4.69) is 0 Å². The third-order valence-corrected chi connectivity index (χ3v) is 3.90. The van der Waals surface area contributed by atoms with Crippen molar-refractivity contribution in [3.8, 4) is 11.5 Å². The Labute approximate surface area is 117 Å². The number of methoxy groups -OCH3 is 2. The van der Waals surface area contributed by atoms with Gasteiger partial charge >= 0.3 is 5.97 Å². The van der Waals surface area contributed by atoms with Gasteiger partial charge in [-0.3, -0.25) is 9.59 Å². The topological polar surface area (TPSA) is 72.8 Å². The number of carbonyl (C=O) groups excluding carboxylic acids is 1. The Morgan fingerprint density at radius 2 is 1.90 bits per heavy atom. The summed E-state index contributed by atoms with van der Waals surface area (Å²) in [7, 11) is 3.02. The first-order valence-electron chi connectivity index (χ1n) is 6.56. The van der Waals surface area contributed by atoms with Crippen LogP contribution in [0.4, 0.5) is 0 Å². The highest BCUT2D eigenvalue weighted by atomic mass is 16.5. The summed E-state index contributed by atoms with van der Waals surface area (Å²) in [6.07, 6.45) is 0.630. The molecule has 0 heterocycles. The Hall–Kier alpha value is -2.04. The average Bonchev–Trinajstić information content (AvgIpc) is 2.45. The zero-order valence-electron chi connectivity index (χ0n) is 11.8. The number of hydrogen-bond acceptors (Lipinski definition) is 4. The highest BCUT2D eigenvalue weighted by Gasteiger charge is 2.40. The predicted octanol–water partition coefficient (Wildman–Crippen LogP) is 2.48. The highest BCUT2D eigenvalue weighted by Crippen LogP contribution is 2.46. The van der Waals surface area contributed by atoms with Crippen molar-refractivity contribution in [2.75, 3.05) is 14.2 Å². The van der Waals surface area contributed by atoms with Crippen LogP contribution in [-0.4, -0.2) is 31.1 Å². The van der Waals surface area contributed by atoms with E-state index in [0.717, 1.165) is 0 Å². The number of benzene rings is 1. The van der Waals surface area contributed by atoms with E-state index in [0.29, 0.717) is 29.0 Å². The monoisotopic (exact) mass is 278 g/mol. The van der Waals surface area contributed by atoms with E-state index in [4.69, 9.17) is 9.47 Å². The molecule has 0 saturated carbocycles. The molecule has 0 radical (unpaired) electrons. The summed E-state index contributed by atoms with van der Waals surface area (Å²) in [5.74, 6) is -1.07. The molecule has 2 rings (SSSR count). The molecular formula is C15H18O5. The van der Waals surface area contributed by atoms with Crippen LogP contribution in [0.2, 0.25) is 0 Å². The summed E-state index contributed by atoms with van der Waals surface area (Å²) < 4.78 is 10.6. The third kappa shape index (κ3) is 2.13. The lowest BCUT2D eigenvalue weighted by Gasteiger charge is -2.31. The van der Waals surface area contributed by atoms with Crippen molar-refractivity contribution in [1.82, 2.24) is 0 Å². The standard InChI is InChI=1S/C15H18O5/c1-4-8-9(15(17)18)7-10(16)14-12(20-3)6-5-11(19-2)13(8)14/h5-6,8-9H,4,7H2,1-3H3,(H,17,18). The number of Topliss-reactive ketones (excluding diaryl/α,β-unsaturated/α-hetero) is 1. The third-order valence-electron chi connectivity index (χ3n) is 3.90. The molecule has 2 unspecified atom stereocenters. The van der Waals surface area contributed by atoms with Gasteiger partial charge in [0.15, 0.2) is 5.78 Å². The van der Waals surface area contributed by atoms with Crippen molar-refractivity contribution in [2.24, 2.45) is 5.92 Å². The quantitative estimate of drug-likeness (QED) is 0.916. The SMILES string of the molecule is CCC1c2c(OC)ccc(OC)c2C(=O)CC1C(=O)O. The molecule has 108 valence electrons. The van der Waals surface area contributed by atoms with Crippen LogP contribution < -0.4 is 9.47 Å². The molecule has 0 aliphatic heterocycles. The summed E-state index contributed by atoms with van der Waals surface area (Å²) in [6.45, 7) is 1.92. The van der Waals surface area contributed by atoms with E-state index in [1.807, 2.05) is 6.92 Å². The molecule has 0 aromatic heterocycles. The number of hydrogen-bond donors (Lipinski definition) is 1. The molecule has 0 bridgehead atoms. The van der Waals surface area contributed by atoms with Gasteiger partial charge in [0.1, 0.15) is 11.5 Å². The van der Waals surface area contributed by atoms with Crippen molar-refractivity contribution in [1.29, 1.82) is 0 Å². The molecule has 1 aliphatic rings. The number of rotatable bonds is 4. The molecule has 1 aliphatic carbocycles. The maximum absolute atomic E-state index is 12.3. The van der Waals surface area contributed by atoms with Gasteiger partial charge in [-0.25, -0.2) is 0 Å². The van der Waals surface area contributed by atoms with Gasteiger partial charge < -0.3 is 14.6 Å². The van der Waals surface area contributed by atoms with E-state index in [-0.39, 0.29) is 18.1 Å². The Kier molecular flexibility index (Phi) is 3.97. The fraction of sp³-hybridized carbons (Fsp3) is 0.467. The van der Waals surface area contributed by atoms with Crippen molar-refractivity contribution < 1.29 is 24.2 Å². The van der Waals surface area contributed by atoms with E-state index < -0.39 is 11.9 Å². The number of carbonyl (C=O) groups is 2. The van der Waals surface area contributed by atoms with Crippen LogP contribution >= 0.6 is 0 Å². The first-order valence-corrected chi connectivity index (χ1v) is 6.56. The van der Waals surface area contributed by atoms with E-state index >= 15 is 0 Å². The molecule has 5 heteroatoms. The van der Waals surface area contributed by atoms with Gasteiger partial charge in [0, 0.05) is 17.9 Å².